The Bertz CT molecular complexity index is 675. The van der Waals surface area contributed by atoms with Crippen molar-refractivity contribution in [1.82, 2.24) is 15.5 Å². The molecule has 0 atom stereocenters. The largest absolute Gasteiger partial charge is 0.439 e. The molecule has 1 heterocycles. The van der Waals surface area contributed by atoms with Crippen molar-refractivity contribution >= 4 is 22.4 Å². The van der Waals surface area contributed by atoms with E-state index in [2.05, 4.69) is 10.2 Å². The fourth-order valence-corrected chi connectivity index (χ4v) is 2.37. The molecule has 0 aromatic carbocycles. The zero-order valence-electron chi connectivity index (χ0n) is 12.8. The number of hydrogen-bond donors (Lipinski definition) is 2. The van der Waals surface area contributed by atoms with E-state index in [9.17, 15) is 57.5 Å². The number of aromatic nitrogens is 2. The summed E-state index contributed by atoms with van der Waals surface area (Å²) < 4.78 is 154. The maximum atomic E-state index is 13.2. The quantitative estimate of drug-likeness (QED) is 0.530. The molecule has 0 spiro atoms. The number of carbonyl (C=O) groups excluding carboxylic acids is 1. The minimum absolute atomic E-state index is 0.0643. The number of carbonyl (C=O) groups is 1. The van der Waals surface area contributed by atoms with E-state index >= 15 is 0 Å². The van der Waals surface area contributed by atoms with Gasteiger partial charge in [0.25, 0.3) is 0 Å². The molecule has 2 N–H and O–H groups in total. The molecule has 0 aliphatic carbocycles. The molecule has 162 valence electrons. The van der Waals surface area contributed by atoms with Gasteiger partial charge in [0, 0.05) is 0 Å². The van der Waals surface area contributed by atoms with Crippen molar-refractivity contribution in [2.75, 3.05) is 5.32 Å². The molecule has 5 nitrogen and oxygen atoms in total. The number of aryl methyl sites for hydroxylation is 1. The van der Waals surface area contributed by atoms with Crippen molar-refractivity contribution in [1.29, 1.82) is 0 Å². The molecule has 1 amide bonds. The smallest absolute Gasteiger partial charge is 0.322 e. The minimum Gasteiger partial charge on any atom is -0.322 e. The standard InChI is InChI=1S/C10H6F12N4OS/c1-2-25-26-5(28-2)24-8(9(17,18)19,10(20,21)22)23-4(27)3(6(11,12)13)7(14,15)16/h3H,1H3,(H,23,27)(H,24,26). The molecule has 0 fully saturated rings. The molecule has 0 saturated carbocycles. The van der Waals surface area contributed by atoms with E-state index < -0.39 is 47.3 Å². The molecule has 1 aromatic rings. The first kappa shape index (κ1) is 24.0. The van der Waals surface area contributed by atoms with Crippen LogP contribution in [0, 0.1) is 12.8 Å². The summed E-state index contributed by atoms with van der Waals surface area (Å²) in [6, 6.07) is 0. The summed E-state index contributed by atoms with van der Waals surface area (Å²) in [5.41, 5.74) is -5.71. The molecule has 18 heteroatoms. The van der Waals surface area contributed by atoms with Gasteiger partial charge in [-0.25, -0.2) is 0 Å². The Kier molecular flexibility index (Phi) is 6.10. The van der Waals surface area contributed by atoms with Crippen LogP contribution in [0.25, 0.3) is 0 Å². The van der Waals surface area contributed by atoms with Crippen molar-refractivity contribution in [2.24, 2.45) is 5.92 Å². The monoisotopic (exact) mass is 458 g/mol. The highest BCUT2D eigenvalue weighted by molar-refractivity contribution is 7.15. The van der Waals surface area contributed by atoms with Crippen LogP contribution in [0.5, 0.6) is 0 Å². The van der Waals surface area contributed by atoms with E-state index in [-0.39, 0.29) is 21.7 Å². The second-order valence-electron chi connectivity index (χ2n) is 5.00. The minimum atomic E-state index is -6.64. The van der Waals surface area contributed by atoms with Crippen LogP contribution < -0.4 is 10.6 Å². The van der Waals surface area contributed by atoms with Gasteiger partial charge in [-0.15, -0.1) is 10.2 Å². The maximum absolute atomic E-state index is 13.2. The highest BCUT2D eigenvalue weighted by atomic mass is 32.1. The molecule has 1 aromatic heterocycles. The van der Waals surface area contributed by atoms with Crippen molar-refractivity contribution in [3.8, 4) is 0 Å². The lowest BCUT2D eigenvalue weighted by Gasteiger charge is -2.39. The summed E-state index contributed by atoms with van der Waals surface area (Å²) in [5, 5.41) is 4.81. The highest BCUT2D eigenvalue weighted by Crippen LogP contribution is 2.46. The molecule has 0 radical (unpaired) electrons. The summed E-state index contributed by atoms with van der Waals surface area (Å²) in [4.78, 5) is 11.3. The Balaban J connectivity index is 3.53. The van der Waals surface area contributed by atoms with E-state index in [1.807, 2.05) is 0 Å². The third kappa shape index (κ3) is 4.88. The van der Waals surface area contributed by atoms with E-state index in [4.69, 9.17) is 0 Å². The Hall–Kier alpha value is -2.01. The number of nitrogens with zero attached hydrogens (tertiary/aromatic N) is 2. The lowest BCUT2D eigenvalue weighted by Crippen LogP contribution is -2.73. The van der Waals surface area contributed by atoms with Gasteiger partial charge in [-0.3, -0.25) is 4.79 Å². The van der Waals surface area contributed by atoms with Gasteiger partial charge in [-0.05, 0) is 6.92 Å². The average Bonchev–Trinajstić information content (AvgIpc) is 2.76. The first-order chi connectivity index (χ1) is 12.2. The van der Waals surface area contributed by atoms with E-state index in [1.165, 1.54) is 0 Å². The van der Waals surface area contributed by atoms with Crippen LogP contribution in [0.4, 0.5) is 57.8 Å². The average molecular weight is 458 g/mol. The van der Waals surface area contributed by atoms with Crippen molar-refractivity contribution in [3.63, 3.8) is 0 Å². The van der Waals surface area contributed by atoms with Crippen LogP contribution in [0.15, 0.2) is 0 Å². The van der Waals surface area contributed by atoms with Crippen molar-refractivity contribution in [2.45, 2.75) is 37.3 Å². The Morgan fingerprint density at radius 1 is 0.857 bits per heavy atom. The van der Waals surface area contributed by atoms with Crippen molar-refractivity contribution in [3.05, 3.63) is 5.01 Å². The first-order valence-corrected chi connectivity index (χ1v) is 7.21. The number of halogens is 12. The second kappa shape index (κ2) is 7.11. The molecule has 28 heavy (non-hydrogen) atoms. The van der Waals surface area contributed by atoms with Gasteiger partial charge in [0.2, 0.25) is 17.0 Å². The van der Waals surface area contributed by atoms with E-state index in [0.29, 0.717) is 5.32 Å². The van der Waals surface area contributed by atoms with Gasteiger partial charge >= 0.3 is 30.4 Å². The lowest BCUT2D eigenvalue weighted by molar-refractivity contribution is -0.304. The van der Waals surface area contributed by atoms with Crippen LogP contribution in [0.2, 0.25) is 0 Å². The van der Waals surface area contributed by atoms with Gasteiger partial charge < -0.3 is 10.6 Å². The predicted molar refractivity (Wildman–Crippen MR) is 66.9 cm³/mol. The molecule has 0 unspecified atom stereocenters. The molecule has 1 rings (SSSR count). The number of rotatable bonds is 4. The second-order valence-corrected chi connectivity index (χ2v) is 6.18. The molecule has 0 saturated heterocycles. The topological polar surface area (TPSA) is 66.9 Å². The molecular weight excluding hydrogens is 452 g/mol. The maximum Gasteiger partial charge on any atom is 0.439 e. The molecule has 0 aliphatic rings. The number of amides is 1. The first-order valence-electron chi connectivity index (χ1n) is 6.39. The summed E-state index contributed by atoms with van der Waals surface area (Å²) in [6.07, 6.45) is -26.3. The number of alkyl halides is 12. The molecule has 0 bridgehead atoms. The van der Waals surface area contributed by atoms with Crippen molar-refractivity contribution < 1.29 is 57.5 Å². The fourth-order valence-electron chi connectivity index (χ4n) is 1.72. The SMILES string of the molecule is Cc1nnc(NC(NC(=O)C(C(F)(F)F)C(F)(F)F)(C(F)(F)F)C(F)(F)F)s1. The summed E-state index contributed by atoms with van der Waals surface area (Å²) in [5.74, 6) is -8.77. The van der Waals surface area contributed by atoms with Crippen LogP contribution in [0.3, 0.4) is 0 Å². The Morgan fingerprint density at radius 3 is 1.57 bits per heavy atom. The van der Waals surface area contributed by atoms with Gasteiger partial charge in [0.15, 0.2) is 0 Å². The normalized spacial score (nSPS) is 14.4. The Labute approximate surface area is 150 Å². The lowest BCUT2D eigenvalue weighted by atomic mass is 10.0. The van der Waals surface area contributed by atoms with E-state index in [1.54, 1.807) is 0 Å². The van der Waals surface area contributed by atoms with E-state index in [0.717, 1.165) is 6.92 Å². The van der Waals surface area contributed by atoms with Gasteiger partial charge in [-0.2, -0.15) is 52.7 Å². The summed E-state index contributed by atoms with van der Waals surface area (Å²) in [7, 11) is 0. The number of hydrogen-bond acceptors (Lipinski definition) is 5. The van der Waals surface area contributed by atoms with Crippen LogP contribution in [-0.4, -0.2) is 46.5 Å². The predicted octanol–water partition coefficient (Wildman–Crippen LogP) is 3.94. The molecular formula is C10H6F12N4OS. The van der Waals surface area contributed by atoms with Crippen LogP contribution >= 0.6 is 11.3 Å². The number of nitrogens with one attached hydrogen (secondary N) is 2. The van der Waals surface area contributed by atoms with Gasteiger partial charge in [-0.1, -0.05) is 11.3 Å². The zero-order chi connectivity index (χ0) is 22.3. The van der Waals surface area contributed by atoms with Crippen LogP contribution in [0.1, 0.15) is 5.01 Å². The third-order valence-electron chi connectivity index (χ3n) is 2.90. The number of anilines is 1. The summed E-state index contributed by atoms with van der Waals surface area (Å²) >= 11 is 0.0643. The fraction of sp³-hybridized carbons (Fsp3) is 0.700. The third-order valence-corrected chi connectivity index (χ3v) is 3.65. The zero-order valence-corrected chi connectivity index (χ0v) is 13.6. The highest BCUT2D eigenvalue weighted by Gasteiger charge is 2.74. The van der Waals surface area contributed by atoms with Gasteiger partial charge in [0.05, 0.1) is 0 Å². The molecule has 0 aliphatic heterocycles. The Morgan fingerprint density at radius 2 is 1.29 bits per heavy atom. The summed E-state index contributed by atoms with van der Waals surface area (Å²) in [6.45, 7) is 1.08. The van der Waals surface area contributed by atoms with Gasteiger partial charge in [0.1, 0.15) is 5.01 Å². The van der Waals surface area contributed by atoms with Crippen LogP contribution in [-0.2, 0) is 4.79 Å².